The third kappa shape index (κ3) is 4.66. The Labute approximate surface area is 126 Å². The van der Waals surface area contributed by atoms with Crippen LogP contribution in [0, 0.1) is 5.82 Å². The quantitative estimate of drug-likeness (QED) is 0.775. The van der Waals surface area contributed by atoms with Gasteiger partial charge in [-0.05, 0) is 24.2 Å². The van der Waals surface area contributed by atoms with Gasteiger partial charge in [0.1, 0.15) is 5.82 Å². The van der Waals surface area contributed by atoms with E-state index in [-0.39, 0.29) is 5.82 Å². The summed E-state index contributed by atoms with van der Waals surface area (Å²) >= 11 is 0. The fraction of sp³-hybridized carbons (Fsp3) is 0.625. The van der Waals surface area contributed by atoms with E-state index in [0.29, 0.717) is 6.61 Å². The number of hydrogen-bond donors (Lipinski definition) is 1. The number of rotatable bonds is 7. The first-order valence-electron chi connectivity index (χ1n) is 7.70. The Bertz CT molecular complexity index is 434. The molecular weight excluding hydrogens is 269 g/mol. The maximum atomic E-state index is 14.1. The molecule has 4 nitrogen and oxygen atoms in total. The minimum Gasteiger partial charge on any atom is -0.383 e. The molecule has 1 saturated heterocycles. The topological polar surface area (TPSA) is 27.7 Å². The predicted molar refractivity (Wildman–Crippen MR) is 84.3 cm³/mol. The number of nitrogens with zero attached hydrogens (tertiary/aromatic N) is 2. The standard InChI is InChI=1S/C16H26FN3O/c1-3-19-7-9-20(10-8-19)16-12-14(4-5-15(16)17)13-18-6-11-21-2/h4-5,12,18H,3,6-11,13H2,1-2H3. The van der Waals surface area contributed by atoms with E-state index in [4.69, 9.17) is 4.74 Å². The van der Waals surface area contributed by atoms with Crippen LogP contribution in [0.25, 0.3) is 0 Å². The first-order valence-corrected chi connectivity index (χ1v) is 7.70. The second kappa shape index (κ2) is 8.32. The van der Waals surface area contributed by atoms with Gasteiger partial charge in [0.2, 0.25) is 0 Å². The average molecular weight is 295 g/mol. The smallest absolute Gasteiger partial charge is 0.146 e. The Kier molecular flexibility index (Phi) is 6.42. The summed E-state index contributed by atoms with van der Waals surface area (Å²) in [6, 6.07) is 5.40. The maximum Gasteiger partial charge on any atom is 0.146 e. The van der Waals surface area contributed by atoms with E-state index in [1.807, 2.05) is 12.1 Å². The number of halogens is 1. The molecular formula is C16H26FN3O. The van der Waals surface area contributed by atoms with Gasteiger partial charge in [-0.15, -0.1) is 0 Å². The normalized spacial score (nSPS) is 16.4. The van der Waals surface area contributed by atoms with Crippen molar-refractivity contribution in [2.75, 3.05) is 57.9 Å². The fourth-order valence-corrected chi connectivity index (χ4v) is 2.62. The van der Waals surface area contributed by atoms with Crippen molar-refractivity contribution in [1.82, 2.24) is 10.2 Å². The summed E-state index contributed by atoms with van der Waals surface area (Å²) in [5.41, 5.74) is 1.84. The van der Waals surface area contributed by atoms with Crippen LogP contribution < -0.4 is 10.2 Å². The van der Waals surface area contributed by atoms with E-state index in [0.717, 1.165) is 57.1 Å². The summed E-state index contributed by atoms with van der Waals surface area (Å²) in [7, 11) is 1.69. The van der Waals surface area contributed by atoms with Gasteiger partial charge >= 0.3 is 0 Å². The van der Waals surface area contributed by atoms with Gasteiger partial charge in [0.25, 0.3) is 0 Å². The minimum atomic E-state index is -0.124. The Hall–Kier alpha value is -1.17. The van der Waals surface area contributed by atoms with E-state index in [9.17, 15) is 4.39 Å². The zero-order valence-electron chi connectivity index (χ0n) is 13.1. The zero-order chi connectivity index (χ0) is 15.1. The summed E-state index contributed by atoms with van der Waals surface area (Å²) in [6.45, 7) is 9.27. The molecule has 1 aliphatic heterocycles. The highest BCUT2D eigenvalue weighted by Crippen LogP contribution is 2.22. The van der Waals surface area contributed by atoms with Gasteiger partial charge in [0.15, 0.2) is 0 Å². The molecule has 0 atom stereocenters. The van der Waals surface area contributed by atoms with Gasteiger partial charge in [0, 0.05) is 46.4 Å². The molecule has 1 N–H and O–H groups in total. The SMILES string of the molecule is CCN1CCN(c2cc(CNCCOC)ccc2F)CC1. The lowest BCUT2D eigenvalue weighted by Gasteiger charge is -2.35. The molecule has 118 valence electrons. The highest BCUT2D eigenvalue weighted by Gasteiger charge is 2.18. The number of likely N-dealkylation sites (N-methyl/N-ethyl adjacent to an activating group) is 1. The highest BCUT2D eigenvalue weighted by molar-refractivity contribution is 5.50. The highest BCUT2D eigenvalue weighted by atomic mass is 19.1. The van der Waals surface area contributed by atoms with Crippen molar-refractivity contribution in [2.24, 2.45) is 0 Å². The maximum absolute atomic E-state index is 14.1. The van der Waals surface area contributed by atoms with Gasteiger partial charge in [-0.3, -0.25) is 0 Å². The predicted octanol–water partition coefficient (Wildman–Crippen LogP) is 1.70. The first-order chi connectivity index (χ1) is 10.2. The molecule has 2 rings (SSSR count). The second-order valence-electron chi connectivity index (χ2n) is 5.38. The molecule has 1 fully saturated rings. The summed E-state index contributed by atoms with van der Waals surface area (Å²) < 4.78 is 19.1. The van der Waals surface area contributed by atoms with Crippen molar-refractivity contribution >= 4 is 5.69 Å². The van der Waals surface area contributed by atoms with Crippen LogP contribution in [0.1, 0.15) is 12.5 Å². The van der Waals surface area contributed by atoms with E-state index in [1.165, 1.54) is 0 Å². The van der Waals surface area contributed by atoms with E-state index in [2.05, 4.69) is 22.0 Å². The van der Waals surface area contributed by atoms with E-state index < -0.39 is 0 Å². The van der Waals surface area contributed by atoms with E-state index >= 15 is 0 Å². The van der Waals surface area contributed by atoms with Crippen LogP contribution >= 0.6 is 0 Å². The number of hydrogen-bond acceptors (Lipinski definition) is 4. The number of benzene rings is 1. The summed E-state index contributed by atoms with van der Waals surface area (Å²) in [5.74, 6) is -0.124. The summed E-state index contributed by atoms with van der Waals surface area (Å²) in [4.78, 5) is 4.55. The molecule has 0 amide bonds. The van der Waals surface area contributed by atoms with Gasteiger partial charge in [-0.1, -0.05) is 13.0 Å². The molecule has 0 bridgehead atoms. The number of methoxy groups -OCH3 is 1. The number of piperazine rings is 1. The van der Waals surface area contributed by atoms with Crippen LogP contribution in [-0.2, 0) is 11.3 Å². The molecule has 0 saturated carbocycles. The Morgan fingerprint density at radius 1 is 1.24 bits per heavy atom. The molecule has 1 aromatic carbocycles. The largest absolute Gasteiger partial charge is 0.383 e. The molecule has 21 heavy (non-hydrogen) atoms. The van der Waals surface area contributed by atoms with E-state index in [1.54, 1.807) is 13.2 Å². The summed E-state index contributed by atoms with van der Waals surface area (Å²) in [5, 5.41) is 3.29. The van der Waals surface area contributed by atoms with Crippen molar-refractivity contribution in [3.63, 3.8) is 0 Å². The van der Waals surface area contributed by atoms with Gasteiger partial charge < -0.3 is 19.9 Å². The molecule has 0 aromatic heterocycles. The number of ether oxygens (including phenoxy) is 1. The van der Waals surface area contributed by atoms with Crippen LogP contribution in [0.15, 0.2) is 18.2 Å². The zero-order valence-corrected chi connectivity index (χ0v) is 13.1. The lowest BCUT2D eigenvalue weighted by atomic mass is 10.1. The van der Waals surface area contributed by atoms with Crippen LogP contribution in [0.5, 0.6) is 0 Å². The molecule has 0 radical (unpaired) electrons. The molecule has 0 spiro atoms. The number of nitrogens with one attached hydrogen (secondary N) is 1. The minimum absolute atomic E-state index is 0.124. The van der Waals surface area contributed by atoms with Crippen LogP contribution in [0.2, 0.25) is 0 Å². The lowest BCUT2D eigenvalue weighted by molar-refractivity contribution is 0.199. The molecule has 0 unspecified atom stereocenters. The van der Waals surface area contributed by atoms with Crippen LogP contribution in [-0.4, -0.2) is 57.9 Å². The third-order valence-corrected chi connectivity index (χ3v) is 3.98. The average Bonchev–Trinajstić information content (AvgIpc) is 2.53. The van der Waals surface area contributed by atoms with Crippen LogP contribution in [0.4, 0.5) is 10.1 Å². The molecule has 1 aliphatic rings. The second-order valence-corrected chi connectivity index (χ2v) is 5.38. The molecule has 1 heterocycles. The van der Waals surface area contributed by atoms with Gasteiger partial charge in [-0.25, -0.2) is 4.39 Å². The Morgan fingerprint density at radius 3 is 2.67 bits per heavy atom. The van der Waals surface area contributed by atoms with Crippen molar-refractivity contribution in [2.45, 2.75) is 13.5 Å². The van der Waals surface area contributed by atoms with Crippen molar-refractivity contribution in [1.29, 1.82) is 0 Å². The third-order valence-electron chi connectivity index (χ3n) is 3.98. The van der Waals surface area contributed by atoms with Crippen LogP contribution in [0.3, 0.4) is 0 Å². The Balaban J connectivity index is 1.95. The fourth-order valence-electron chi connectivity index (χ4n) is 2.62. The molecule has 1 aromatic rings. The molecule has 5 heteroatoms. The van der Waals surface area contributed by atoms with Gasteiger partial charge in [-0.2, -0.15) is 0 Å². The summed E-state index contributed by atoms with van der Waals surface area (Å²) in [6.07, 6.45) is 0. The first kappa shape index (κ1) is 16.2. The lowest BCUT2D eigenvalue weighted by Crippen LogP contribution is -2.46. The van der Waals surface area contributed by atoms with Gasteiger partial charge in [0.05, 0.1) is 12.3 Å². The van der Waals surface area contributed by atoms with Crippen molar-refractivity contribution < 1.29 is 9.13 Å². The Morgan fingerprint density at radius 2 is 2.00 bits per heavy atom. The van der Waals surface area contributed by atoms with Crippen molar-refractivity contribution in [3.05, 3.63) is 29.6 Å². The number of anilines is 1. The van der Waals surface area contributed by atoms with Crippen molar-refractivity contribution in [3.8, 4) is 0 Å². The monoisotopic (exact) mass is 295 g/mol. The molecule has 0 aliphatic carbocycles.